The predicted molar refractivity (Wildman–Crippen MR) is 59.2 cm³/mol. The van der Waals surface area contributed by atoms with Crippen LogP contribution in [0.4, 0.5) is 0 Å². The zero-order valence-electron chi connectivity index (χ0n) is 9.30. The fourth-order valence-electron chi connectivity index (χ4n) is 1.85. The second-order valence-corrected chi connectivity index (χ2v) is 4.23. The zero-order chi connectivity index (χ0) is 10.2. The Morgan fingerprint density at radius 2 is 2.43 bits per heavy atom. The van der Waals surface area contributed by atoms with Crippen LogP contribution in [0.5, 0.6) is 0 Å². The largest absolute Gasteiger partial charge is 0.381 e. The Bertz CT molecular complexity index is 127. The standard InChI is InChI=1S/C11H24N2O/c1-2-10(7-12)3-5-13-8-11-4-6-14-9-11/h10-11,13H,2-9,12H2,1H3. The minimum absolute atomic E-state index is 0.697. The highest BCUT2D eigenvalue weighted by Gasteiger charge is 2.14. The lowest BCUT2D eigenvalue weighted by Gasteiger charge is -2.13. The number of nitrogens with two attached hydrogens (primary N) is 1. The van der Waals surface area contributed by atoms with E-state index in [1.807, 2.05) is 0 Å². The van der Waals surface area contributed by atoms with Gasteiger partial charge in [0.25, 0.3) is 0 Å². The third-order valence-electron chi connectivity index (χ3n) is 3.10. The van der Waals surface area contributed by atoms with Crippen LogP contribution < -0.4 is 11.1 Å². The molecule has 3 heteroatoms. The minimum atomic E-state index is 0.697. The van der Waals surface area contributed by atoms with E-state index in [0.29, 0.717) is 5.92 Å². The van der Waals surface area contributed by atoms with Crippen LogP contribution >= 0.6 is 0 Å². The summed E-state index contributed by atoms with van der Waals surface area (Å²) in [4.78, 5) is 0. The van der Waals surface area contributed by atoms with Gasteiger partial charge in [-0.05, 0) is 37.8 Å². The lowest BCUT2D eigenvalue weighted by molar-refractivity contribution is 0.185. The smallest absolute Gasteiger partial charge is 0.0507 e. The highest BCUT2D eigenvalue weighted by Crippen LogP contribution is 2.11. The summed E-state index contributed by atoms with van der Waals surface area (Å²) in [6, 6.07) is 0. The monoisotopic (exact) mass is 200 g/mol. The molecule has 0 amide bonds. The molecule has 0 aromatic rings. The molecule has 0 aliphatic carbocycles. The van der Waals surface area contributed by atoms with Crippen molar-refractivity contribution in [2.45, 2.75) is 26.2 Å². The van der Waals surface area contributed by atoms with E-state index in [1.54, 1.807) is 0 Å². The maximum atomic E-state index is 5.64. The first-order valence-corrected chi connectivity index (χ1v) is 5.85. The van der Waals surface area contributed by atoms with Crippen molar-refractivity contribution in [3.05, 3.63) is 0 Å². The molecule has 2 atom stereocenters. The number of hydrogen-bond acceptors (Lipinski definition) is 3. The molecule has 0 bridgehead atoms. The number of nitrogens with one attached hydrogen (secondary N) is 1. The summed E-state index contributed by atoms with van der Waals surface area (Å²) in [6.45, 7) is 7.15. The fourth-order valence-corrected chi connectivity index (χ4v) is 1.85. The lowest BCUT2D eigenvalue weighted by atomic mass is 10.0. The second-order valence-electron chi connectivity index (χ2n) is 4.23. The summed E-state index contributed by atoms with van der Waals surface area (Å²) in [7, 11) is 0. The quantitative estimate of drug-likeness (QED) is 0.602. The zero-order valence-corrected chi connectivity index (χ0v) is 9.30. The van der Waals surface area contributed by atoms with E-state index in [-0.39, 0.29) is 0 Å². The van der Waals surface area contributed by atoms with Gasteiger partial charge in [-0.15, -0.1) is 0 Å². The van der Waals surface area contributed by atoms with Gasteiger partial charge in [-0.1, -0.05) is 13.3 Å². The SMILES string of the molecule is CCC(CN)CCNCC1CCOC1. The molecular formula is C11H24N2O. The van der Waals surface area contributed by atoms with Crippen molar-refractivity contribution < 1.29 is 4.74 Å². The number of ether oxygens (including phenoxy) is 1. The molecule has 0 aromatic carbocycles. The molecule has 1 rings (SSSR count). The summed E-state index contributed by atoms with van der Waals surface area (Å²) in [6.07, 6.45) is 3.63. The van der Waals surface area contributed by atoms with Crippen LogP contribution in [0, 0.1) is 11.8 Å². The molecule has 3 nitrogen and oxygen atoms in total. The normalized spacial score (nSPS) is 24.0. The van der Waals surface area contributed by atoms with Gasteiger partial charge in [-0.25, -0.2) is 0 Å². The van der Waals surface area contributed by atoms with E-state index in [0.717, 1.165) is 38.8 Å². The van der Waals surface area contributed by atoms with Crippen LogP contribution in [0.1, 0.15) is 26.2 Å². The van der Waals surface area contributed by atoms with E-state index in [9.17, 15) is 0 Å². The topological polar surface area (TPSA) is 47.3 Å². The number of hydrogen-bond donors (Lipinski definition) is 2. The molecular weight excluding hydrogens is 176 g/mol. The van der Waals surface area contributed by atoms with Crippen LogP contribution in [0.15, 0.2) is 0 Å². The molecule has 1 aliphatic rings. The summed E-state index contributed by atoms with van der Waals surface area (Å²) < 4.78 is 5.32. The van der Waals surface area contributed by atoms with Crippen molar-refractivity contribution in [3.8, 4) is 0 Å². The Kier molecular flexibility index (Phi) is 6.15. The lowest BCUT2D eigenvalue weighted by Crippen LogP contribution is -2.26. The fraction of sp³-hybridized carbons (Fsp3) is 1.00. The molecule has 0 saturated carbocycles. The molecule has 14 heavy (non-hydrogen) atoms. The molecule has 1 aliphatic heterocycles. The summed E-state index contributed by atoms with van der Waals surface area (Å²) >= 11 is 0. The van der Waals surface area contributed by atoms with Crippen molar-refractivity contribution in [1.29, 1.82) is 0 Å². The maximum Gasteiger partial charge on any atom is 0.0507 e. The van der Waals surface area contributed by atoms with Gasteiger partial charge >= 0.3 is 0 Å². The van der Waals surface area contributed by atoms with Gasteiger partial charge in [0.05, 0.1) is 6.61 Å². The van der Waals surface area contributed by atoms with Crippen molar-refractivity contribution in [2.75, 3.05) is 32.8 Å². The predicted octanol–water partition coefficient (Wildman–Crippen LogP) is 0.987. The van der Waals surface area contributed by atoms with Gasteiger partial charge in [0.15, 0.2) is 0 Å². The van der Waals surface area contributed by atoms with Crippen LogP contribution in [-0.4, -0.2) is 32.8 Å². The van der Waals surface area contributed by atoms with Gasteiger partial charge < -0.3 is 15.8 Å². The van der Waals surface area contributed by atoms with Crippen LogP contribution in [0.3, 0.4) is 0 Å². The van der Waals surface area contributed by atoms with Crippen LogP contribution in [-0.2, 0) is 4.74 Å². The number of rotatable bonds is 7. The molecule has 84 valence electrons. The molecule has 1 heterocycles. The molecule has 0 aromatic heterocycles. The highest BCUT2D eigenvalue weighted by atomic mass is 16.5. The summed E-state index contributed by atoms with van der Waals surface area (Å²) in [5.41, 5.74) is 5.64. The Hall–Kier alpha value is -0.120. The van der Waals surface area contributed by atoms with Crippen molar-refractivity contribution in [1.82, 2.24) is 5.32 Å². The van der Waals surface area contributed by atoms with Gasteiger partial charge in [0.2, 0.25) is 0 Å². The first-order chi connectivity index (χ1) is 6.86. The average Bonchev–Trinajstić information content (AvgIpc) is 2.71. The van der Waals surface area contributed by atoms with E-state index < -0.39 is 0 Å². The highest BCUT2D eigenvalue weighted by molar-refractivity contribution is 4.67. The van der Waals surface area contributed by atoms with Gasteiger partial charge in [-0.2, -0.15) is 0 Å². The van der Waals surface area contributed by atoms with Crippen LogP contribution in [0.2, 0.25) is 0 Å². The van der Waals surface area contributed by atoms with Crippen LogP contribution in [0.25, 0.3) is 0 Å². The van der Waals surface area contributed by atoms with E-state index in [1.165, 1.54) is 19.3 Å². The van der Waals surface area contributed by atoms with Gasteiger partial charge in [-0.3, -0.25) is 0 Å². The molecule has 2 unspecified atom stereocenters. The van der Waals surface area contributed by atoms with Crippen molar-refractivity contribution in [3.63, 3.8) is 0 Å². The first-order valence-electron chi connectivity index (χ1n) is 5.85. The van der Waals surface area contributed by atoms with Crippen molar-refractivity contribution in [2.24, 2.45) is 17.6 Å². The second kappa shape index (κ2) is 7.21. The Balaban J connectivity index is 1.92. The Morgan fingerprint density at radius 3 is 3.00 bits per heavy atom. The molecule has 1 fully saturated rings. The van der Waals surface area contributed by atoms with Gasteiger partial charge in [0.1, 0.15) is 0 Å². The first kappa shape index (κ1) is 12.0. The Morgan fingerprint density at radius 1 is 1.57 bits per heavy atom. The molecule has 3 N–H and O–H groups in total. The maximum absolute atomic E-state index is 5.64. The third-order valence-corrected chi connectivity index (χ3v) is 3.10. The summed E-state index contributed by atoms with van der Waals surface area (Å²) in [5.74, 6) is 1.44. The van der Waals surface area contributed by atoms with Crippen molar-refractivity contribution >= 4 is 0 Å². The van der Waals surface area contributed by atoms with Gasteiger partial charge in [0, 0.05) is 13.2 Å². The Labute approximate surface area is 87.4 Å². The van der Waals surface area contributed by atoms with E-state index in [2.05, 4.69) is 12.2 Å². The molecule has 0 radical (unpaired) electrons. The third kappa shape index (κ3) is 4.40. The van der Waals surface area contributed by atoms with E-state index in [4.69, 9.17) is 10.5 Å². The summed E-state index contributed by atoms with van der Waals surface area (Å²) in [5, 5.41) is 3.49. The minimum Gasteiger partial charge on any atom is -0.381 e. The van der Waals surface area contributed by atoms with E-state index >= 15 is 0 Å². The molecule has 1 saturated heterocycles. The molecule has 0 spiro atoms. The average molecular weight is 200 g/mol.